The van der Waals surface area contributed by atoms with Crippen LogP contribution in [0.1, 0.15) is 26.7 Å². The van der Waals surface area contributed by atoms with Gasteiger partial charge in [-0.3, -0.25) is 9.59 Å². The number of halogens is 2. The van der Waals surface area contributed by atoms with Crippen molar-refractivity contribution in [3.63, 3.8) is 0 Å². The number of carbonyl (C=O) groups excluding carboxylic acids is 2. The Morgan fingerprint density at radius 2 is 1.26 bits per heavy atom. The molecule has 0 saturated carbocycles. The van der Waals surface area contributed by atoms with Gasteiger partial charge < -0.3 is 0 Å². The molecule has 0 atom stereocenters. The Kier molecular flexibility index (Phi) is 4.11. The van der Waals surface area contributed by atoms with Crippen LogP contribution in [0.4, 0.5) is 0 Å². The molecule has 0 radical (unpaired) electrons. The van der Waals surface area contributed by atoms with E-state index >= 15 is 0 Å². The molecule has 0 aromatic heterocycles. The number of carbonyl (C=O) groups is 2. The quantitative estimate of drug-likeness (QED) is 0.707. The third-order valence-electron chi connectivity index (χ3n) is 3.56. The number of allylic oxidation sites excluding steroid dienone is 8. The third-order valence-corrected chi connectivity index (χ3v) is 4.90. The molecule has 2 aliphatic carbocycles. The number of Topliss-reactive ketones (excluding diaryl/α,β-unsaturated/α-hetero) is 2. The Hall–Kier alpha value is -0.740. The summed E-state index contributed by atoms with van der Waals surface area (Å²) < 4.78 is 1.24. The molecular weight excluding hydrogens is 372 g/mol. The van der Waals surface area contributed by atoms with Crippen LogP contribution in [0, 0.1) is 5.41 Å². The Bertz CT molecular complexity index is 525. The van der Waals surface area contributed by atoms with E-state index in [0.29, 0.717) is 21.8 Å². The summed E-state index contributed by atoms with van der Waals surface area (Å²) in [6.07, 6.45) is 8.54. The van der Waals surface area contributed by atoms with Crippen molar-refractivity contribution < 1.29 is 9.59 Å². The fourth-order valence-electron chi connectivity index (χ4n) is 2.19. The number of hydrogen-bond acceptors (Lipinski definition) is 2. The second kappa shape index (κ2) is 5.33. The van der Waals surface area contributed by atoms with Gasteiger partial charge in [-0.2, -0.15) is 0 Å². The second-order valence-corrected chi connectivity index (χ2v) is 6.89. The van der Waals surface area contributed by atoms with Gasteiger partial charge in [-0.05, 0) is 55.2 Å². The molecule has 0 aromatic carbocycles. The van der Waals surface area contributed by atoms with Gasteiger partial charge in [0.25, 0.3) is 0 Å². The standard InChI is InChI=1S/C15H14Br2O2/c1-15(2,9-3-5-13(18)11(16)7-9)10-4-6-14(19)12(17)8-10/h3-4,7-8H,5-6H2,1-2H3. The lowest BCUT2D eigenvalue weighted by molar-refractivity contribution is -0.115. The van der Waals surface area contributed by atoms with E-state index in [2.05, 4.69) is 45.7 Å². The Balaban J connectivity index is 2.35. The molecule has 100 valence electrons. The molecule has 19 heavy (non-hydrogen) atoms. The molecule has 0 fully saturated rings. The van der Waals surface area contributed by atoms with Gasteiger partial charge in [-0.1, -0.05) is 26.0 Å². The Labute approximate surface area is 129 Å². The Morgan fingerprint density at radius 3 is 1.58 bits per heavy atom. The van der Waals surface area contributed by atoms with E-state index < -0.39 is 0 Å². The second-order valence-electron chi connectivity index (χ2n) is 5.18. The molecule has 0 aromatic rings. The van der Waals surface area contributed by atoms with Crippen molar-refractivity contribution in [2.75, 3.05) is 0 Å². The monoisotopic (exact) mass is 384 g/mol. The van der Waals surface area contributed by atoms with Gasteiger partial charge >= 0.3 is 0 Å². The molecule has 0 aliphatic heterocycles. The minimum absolute atomic E-state index is 0.101. The molecular formula is C15H14Br2O2. The van der Waals surface area contributed by atoms with Crippen molar-refractivity contribution in [1.29, 1.82) is 0 Å². The van der Waals surface area contributed by atoms with Crippen LogP contribution in [0.25, 0.3) is 0 Å². The number of rotatable bonds is 2. The van der Waals surface area contributed by atoms with Gasteiger partial charge in [-0.15, -0.1) is 0 Å². The van der Waals surface area contributed by atoms with Crippen molar-refractivity contribution in [3.8, 4) is 0 Å². The molecule has 0 N–H and O–H groups in total. The summed E-state index contributed by atoms with van der Waals surface area (Å²) in [6.45, 7) is 4.20. The molecule has 0 heterocycles. The van der Waals surface area contributed by atoms with Crippen LogP contribution in [0.3, 0.4) is 0 Å². The minimum atomic E-state index is -0.223. The zero-order valence-electron chi connectivity index (χ0n) is 10.8. The maximum atomic E-state index is 11.5. The normalized spacial score (nSPS) is 20.6. The van der Waals surface area contributed by atoms with Gasteiger partial charge in [0.1, 0.15) is 0 Å². The van der Waals surface area contributed by atoms with Gasteiger partial charge in [0.2, 0.25) is 0 Å². The van der Waals surface area contributed by atoms with Crippen LogP contribution in [-0.4, -0.2) is 11.6 Å². The SMILES string of the molecule is CC(C)(C1=CCC(=O)C(Br)=C1)C1=CCC(=O)C(Br)=C1. The molecule has 2 nitrogen and oxygen atoms in total. The predicted octanol–water partition coefficient (Wildman–Crippen LogP) is 4.37. The summed E-state index contributed by atoms with van der Waals surface area (Å²) in [5.41, 5.74) is 1.96. The van der Waals surface area contributed by atoms with Crippen molar-refractivity contribution >= 4 is 43.4 Å². The van der Waals surface area contributed by atoms with E-state index in [-0.39, 0.29) is 17.0 Å². The highest BCUT2D eigenvalue weighted by Gasteiger charge is 2.30. The van der Waals surface area contributed by atoms with Crippen LogP contribution in [-0.2, 0) is 9.59 Å². The summed E-state index contributed by atoms with van der Waals surface area (Å²) in [4.78, 5) is 23.0. The van der Waals surface area contributed by atoms with Crippen molar-refractivity contribution in [2.45, 2.75) is 26.7 Å². The van der Waals surface area contributed by atoms with Crippen LogP contribution in [0.15, 0.2) is 44.4 Å². The van der Waals surface area contributed by atoms with E-state index in [1.165, 1.54) is 0 Å². The lowest BCUT2D eigenvalue weighted by Crippen LogP contribution is -2.21. The minimum Gasteiger partial charge on any atom is -0.293 e. The maximum Gasteiger partial charge on any atom is 0.173 e. The average Bonchev–Trinajstić information content (AvgIpc) is 2.35. The van der Waals surface area contributed by atoms with E-state index in [9.17, 15) is 9.59 Å². The first kappa shape index (κ1) is 14.7. The van der Waals surface area contributed by atoms with E-state index in [4.69, 9.17) is 0 Å². The summed E-state index contributed by atoms with van der Waals surface area (Å²) >= 11 is 6.61. The predicted molar refractivity (Wildman–Crippen MR) is 83.2 cm³/mol. The summed E-state index contributed by atoms with van der Waals surface area (Å²) in [6, 6.07) is 0. The lowest BCUT2D eigenvalue weighted by Gasteiger charge is -2.31. The summed E-state index contributed by atoms with van der Waals surface area (Å²) in [5.74, 6) is 0.202. The van der Waals surface area contributed by atoms with E-state index in [0.717, 1.165) is 11.1 Å². The Morgan fingerprint density at radius 1 is 0.895 bits per heavy atom. The highest BCUT2D eigenvalue weighted by molar-refractivity contribution is 9.12. The number of hydrogen-bond donors (Lipinski definition) is 0. The van der Waals surface area contributed by atoms with Crippen molar-refractivity contribution in [1.82, 2.24) is 0 Å². The molecule has 4 heteroatoms. The largest absolute Gasteiger partial charge is 0.293 e. The topological polar surface area (TPSA) is 34.1 Å². The van der Waals surface area contributed by atoms with Gasteiger partial charge in [0.05, 0.1) is 8.96 Å². The first-order chi connectivity index (χ1) is 8.82. The number of ketones is 2. The van der Waals surface area contributed by atoms with Crippen molar-refractivity contribution in [2.24, 2.45) is 5.41 Å². The van der Waals surface area contributed by atoms with Gasteiger partial charge in [0, 0.05) is 18.3 Å². The van der Waals surface area contributed by atoms with Crippen molar-refractivity contribution in [3.05, 3.63) is 44.4 Å². The molecule has 0 spiro atoms. The first-order valence-corrected chi connectivity index (χ1v) is 7.63. The zero-order valence-corrected chi connectivity index (χ0v) is 14.0. The lowest BCUT2D eigenvalue weighted by atomic mass is 9.74. The molecule has 0 saturated heterocycles. The molecule has 0 unspecified atom stereocenters. The smallest absolute Gasteiger partial charge is 0.173 e. The van der Waals surface area contributed by atoms with Gasteiger partial charge in [0.15, 0.2) is 11.6 Å². The highest BCUT2D eigenvalue weighted by atomic mass is 79.9. The highest BCUT2D eigenvalue weighted by Crippen LogP contribution is 2.41. The zero-order chi connectivity index (χ0) is 14.2. The third kappa shape index (κ3) is 2.90. The molecule has 2 rings (SSSR count). The molecule has 2 aliphatic rings. The van der Waals surface area contributed by atoms with E-state index in [1.54, 1.807) is 0 Å². The van der Waals surface area contributed by atoms with Crippen LogP contribution in [0.2, 0.25) is 0 Å². The molecule has 0 bridgehead atoms. The average molecular weight is 386 g/mol. The van der Waals surface area contributed by atoms with Crippen LogP contribution < -0.4 is 0 Å². The van der Waals surface area contributed by atoms with Crippen LogP contribution in [0.5, 0.6) is 0 Å². The first-order valence-electron chi connectivity index (χ1n) is 6.04. The van der Waals surface area contributed by atoms with E-state index in [1.807, 2.05) is 24.3 Å². The van der Waals surface area contributed by atoms with Crippen LogP contribution >= 0.6 is 31.9 Å². The maximum absolute atomic E-state index is 11.5. The fourth-order valence-corrected chi connectivity index (χ4v) is 3.01. The van der Waals surface area contributed by atoms with Gasteiger partial charge in [-0.25, -0.2) is 0 Å². The fraction of sp³-hybridized carbons (Fsp3) is 0.333. The summed E-state index contributed by atoms with van der Waals surface area (Å²) in [5, 5.41) is 0. The summed E-state index contributed by atoms with van der Waals surface area (Å²) in [7, 11) is 0. The molecule has 0 amide bonds.